The summed E-state index contributed by atoms with van der Waals surface area (Å²) in [6, 6.07) is 15.7. The van der Waals surface area contributed by atoms with Gasteiger partial charge in [-0.15, -0.1) is 0 Å². The van der Waals surface area contributed by atoms with Crippen molar-refractivity contribution in [1.82, 2.24) is 5.43 Å². The summed E-state index contributed by atoms with van der Waals surface area (Å²) >= 11 is 11.1. The number of nitrogens with one attached hydrogen (secondary N) is 2. The normalized spacial score (nSPS) is 11.4. The molecule has 3 nitrogen and oxygen atoms in total. The Hall–Kier alpha value is -1.91. The third-order valence-electron chi connectivity index (χ3n) is 3.42. The van der Waals surface area contributed by atoms with Crippen LogP contribution in [0, 0.1) is 0 Å². The van der Waals surface area contributed by atoms with Crippen LogP contribution in [0.5, 0.6) is 0 Å². The van der Waals surface area contributed by atoms with Crippen LogP contribution in [0.25, 0.3) is 0 Å². The van der Waals surface area contributed by atoms with E-state index in [1.165, 1.54) is 5.56 Å². The Balaban J connectivity index is 1.93. The van der Waals surface area contributed by atoms with Gasteiger partial charge in [0.25, 0.3) is 0 Å². The Kier molecular flexibility index (Phi) is 6.13. The number of benzene rings is 2. The molecule has 2 N–H and O–H groups in total. The first-order valence-electron chi connectivity index (χ1n) is 7.43. The molecular weight excluding hydrogens is 326 g/mol. The lowest BCUT2D eigenvalue weighted by molar-refractivity contribution is 0.867. The molecule has 0 bridgehead atoms. The number of anilines is 1. The highest BCUT2D eigenvalue weighted by atomic mass is 35.5. The van der Waals surface area contributed by atoms with Gasteiger partial charge in [0.2, 0.25) is 0 Å². The molecule has 0 spiro atoms. The van der Waals surface area contributed by atoms with Crippen molar-refractivity contribution in [3.8, 4) is 0 Å². The van der Waals surface area contributed by atoms with Gasteiger partial charge in [-0.2, -0.15) is 5.10 Å². The zero-order valence-electron chi connectivity index (χ0n) is 13.4. The molecule has 0 saturated carbocycles. The summed E-state index contributed by atoms with van der Waals surface area (Å²) in [6.45, 7) is 6.25. The molecule has 2 aromatic rings. The van der Waals surface area contributed by atoms with E-state index in [1.807, 2.05) is 43.3 Å². The first-order valence-corrected chi connectivity index (χ1v) is 8.21. The molecule has 0 fully saturated rings. The van der Waals surface area contributed by atoms with Gasteiger partial charge in [-0.25, -0.2) is 0 Å². The molecule has 5 heteroatoms. The summed E-state index contributed by atoms with van der Waals surface area (Å²) in [6.07, 6.45) is 0. The zero-order chi connectivity index (χ0) is 16.8. The molecule has 2 aromatic carbocycles. The van der Waals surface area contributed by atoms with E-state index >= 15 is 0 Å². The first-order chi connectivity index (χ1) is 11.0. The molecular formula is C18H20ClN3S. The molecule has 0 aliphatic heterocycles. The van der Waals surface area contributed by atoms with Gasteiger partial charge < -0.3 is 5.32 Å². The maximum Gasteiger partial charge on any atom is 0.191 e. The van der Waals surface area contributed by atoms with E-state index in [1.54, 1.807) is 0 Å². The molecule has 0 aromatic heterocycles. The molecule has 0 saturated heterocycles. The van der Waals surface area contributed by atoms with Gasteiger partial charge >= 0.3 is 0 Å². The lowest BCUT2D eigenvalue weighted by Gasteiger charge is -2.10. The molecule has 0 aliphatic carbocycles. The van der Waals surface area contributed by atoms with E-state index in [0.717, 1.165) is 17.0 Å². The minimum absolute atomic E-state index is 0.454. The van der Waals surface area contributed by atoms with Crippen LogP contribution in [0.2, 0.25) is 5.02 Å². The zero-order valence-corrected chi connectivity index (χ0v) is 15.0. The number of thiocarbonyl (C=S) groups is 1. The highest BCUT2D eigenvalue weighted by Gasteiger charge is 2.01. The summed E-state index contributed by atoms with van der Waals surface area (Å²) < 4.78 is 0. The van der Waals surface area contributed by atoms with Gasteiger partial charge in [-0.3, -0.25) is 5.43 Å². The number of nitrogens with zero attached hydrogens (tertiary/aromatic N) is 1. The second kappa shape index (κ2) is 8.09. The van der Waals surface area contributed by atoms with Crippen molar-refractivity contribution in [1.29, 1.82) is 0 Å². The number of halogens is 1. The molecule has 0 unspecified atom stereocenters. The van der Waals surface area contributed by atoms with Gasteiger partial charge in [0.1, 0.15) is 0 Å². The number of rotatable bonds is 4. The van der Waals surface area contributed by atoms with Crippen LogP contribution >= 0.6 is 23.8 Å². The van der Waals surface area contributed by atoms with Gasteiger partial charge in [0, 0.05) is 10.7 Å². The van der Waals surface area contributed by atoms with Gasteiger partial charge in [0.15, 0.2) is 5.11 Å². The topological polar surface area (TPSA) is 36.4 Å². The molecule has 0 atom stereocenters. The van der Waals surface area contributed by atoms with Crippen molar-refractivity contribution in [2.75, 3.05) is 5.32 Å². The van der Waals surface area contributed by atoms with Gasteiger partial charge in [-0.1, -0.05) is 49.7 Å². The number of hydrogen-bond donors (Lipinski definition) is 2. The lowest BCUT2D eigenvalue weighted by Crippen LogP contribution is -2.24. The van der Waals surface area contributed by atoms with Crippen LogP contribution in [0.1, 0.15) is 37.8 Å². The maximum absolute atomic E-state index is 5.88. The average molecular weight is 346 g/mol. The van der Waals surface area contributed by atoms with E-state index < -0.39 is 0 Å². The predicted molar refractivity (Wildman–Crippen MR) is 104 cm³/mol. The summed E-state index contributed by atoms with van der Waals surface area (Å²) in [4.78, 5) is 0. The van der Waals surface area contributed by atoms with Crippen molar-refractivity contribution in [3.05, 3.63) is 64.7 Å². The fourth-order valence-electron chi connectivity index (χ4n) is 2.00. The highest BCUT2D eigenvalue weighted by Crippen LogP contribution is 2.17. The molecule has 120 valence electrons. The number of hydrogen-bond acceptors (Lipinski definition) is 2. The summed E-state index contributed by atoms with van der Waals surface area (Å²) in [5.41, 5.74) is 6.92. The van der Waals surface area contributed by atoms with E-state index in [-0.39, 0.29) is 0 Å². The van der Waals surface area contributed by atoms with Crippen molar-refractivity contribution in [3.63, 3.8) is 0 Å². The van der Waals surface area contributed by atoms with Crippen LogP contribution in [0.4, 0.5) is 5.69 Å². The van der Waals surface area contributed by atoms with E-state index in [2.05, 4.69) is 41.8 Å². The summed E-state index contributed by atoms with van der Waals surface area (Å²) in [5.74, 6) is 0.515. The number of hydrazone groups is 1. The van der Waals surface area contributed by atoms with Crippen molar-refractivity contribution >= 4 is 40.3 Å². The molecule has 0 aliphatic rings. The average Bonchev–Trinajstić information content (AvgIpc) is 2.54. The molecule has 23 heavy (non-hydrogen) atoms. The Morgan fingerprint density at radius 3 is 2.22 bits per heavy atom. The third-order valence-corrected chi connectivity index (χ3v) is 3.87. The molecule has 0 heterocycles. The Bertz CT molecular complexity index is 691. The smallest absolute Gasteiger partial charge is 0.191 e. The van der Waals surface area contributed by atoms with Crippen molar-refractivity contribution in [2.24, 2.45) is 5.10 Å². The Morgan fingerprint density at radius 1 is 1.04 bits per heavy atom. The van der Waals surface area contributed by atoms with Crippen LogP contribution < -0.4 is 10.7 Å². The second-order valence-electron chi connectivity index (χ2n) is 5.55. The fraction of sp³-hybridized carbons (Fsp3) is 0.222. The molecule has 0 radical (unpaired) electrons. The van der Waals surface area contributed by atoms with E-state index in [0.29, 0.717) is 16.1 Å². The molecule has 2 rings (SSSR count). The van der Waals surface area contributed by atoms with Crippen molar-refractivity contribution < 1.29 is 0 Å². The van der Waals surface area contributed by atoms with Crippen LogP contribution in [0.3, 0.4) is 0 Å². The fourth-order valence-corrected chi connectivity index (χ4v) is 2.29. The SMILES string of the molecule is C/C(=N/NC(=S)Nc1ccc(C(C)C)cc1)c1ccc(Cl)cc1. The largest absolute Gasteiger partial charge is 0.331 e. The third kappa shape index (κ3) is 5.34. The van der Waals surface area contributed by atoms with Crippen molar-refractivity contribution in [2.45, 2.75) is 26.7 Å². The minimum atomic E-state index is 0.454. The lowest BCUT2D eigenvalue weighted by atomic mass is 10.0. The minimum Gasteiger partial charge on any atom is -0.331 e. The molecule has 0 amide bonds. The second-order valence-corrected chi connectivity index (χ2v) is 6.39. The van der Waals surface area contributed by atoms with E-state index in [9.17, 15) is 0 Å². The quantitative estimate of drug-likeness (QED) is 0.455. The van der Waals surface area contributed by atoms with E-state index in [4.69, 9.17) is 23.8 Å². The standard InChI is InChI=1S/C18H20ClN3S/c1-12(2)14-6-10-17(11-7-14)20-18(23)22-21-13(3)15-4-8-16(19)9-5-15/h4-12H,1-3H3,(H2,20,22,23)/b21-13-. The van der Waals surface area contributed by atoms with Crippen LogP contribution in [0.15, 0.2) is 53.6 Å². The van der Waals surface area contributed by atoms with Gasteiger partial charge in [-0.05, 0) is 60.5 Å². The van der Waals surface area contributed by atoms with Gasteiger partial charge in [0.05, 0.1) is 5.71 Å². The monoisotopic (exact) mass is 345 g/mol. The highest BCUT2D eigenvalue weighted by molar-refractivity contribution is 7.80. The maximum atomic E-state index is 5.88. The van der Waals surface area contributed by atoms with Crippen LogP contribution in [-0.4, -0.2) is 10.8 Å². The first kappa shape index (κ1) is 17.4. The summed E-state index contributed by atoms with van der Waals surface area (Å²) in [7, 11) is 0. The Morgan fingerprint density at radius 2 is 1.65 bits per heavy atom. The Labute approximate surface area is 147 Å². The summed E-state index contributed by atoms with van der Waals surface area (Å²) in [5, 5.41) is 8.56. The predicted octanol–water partition coefficient (Wildman–Crippen LogP) is 5.17. The van der Waals surface area contributed by atoms with Crippen LogP contribution in [-0.2, 0) is 0 Å².